The molecule has 0 bridgehead atoms. The standard InChI is InChI=1S/C15H15Cl3N2O2S/c1-3-19-11(21)7-20(4-2)15(22)14-13(18)12-9(17)5-8(16)6-10(12)23-14/h5-6H,3-4,7H2,1-2H3,(H,19,21). The quantitative estimate of drug-likeness (QED) is 0.815. The second-order valence-corrected chi connectivity index (χ2v) is 7.05. The molecular weight excluding hydrogens is 379 g/mol. The molecule has 124 valence electrons. The topological polar surface area (TPSA) is 49.4 Å². The van der Waals surface area contributed by atoms with Crippen LogP contribution in [0.5, 0.6) is 0 Å². The van der Waals surface area contributed by atoms with E-state index in [9.17, 15) is 9.59 Å². The summed E-state index contributed by atoms with van der Waals surface area (Å²) in [6, 6.07) is 3.31. The maximum atomic E-state index is 12.7. The van der Waals surface area contributed by atoms with Crippen molar-refractivity contribution in [1.82, 2.24) is 10.2 Å². The SMILES string of the molecule is CCNC(=O)CN(CC)C(=O)c1sc2cc(Cl)cc(Cl)c2c1Cl. The lowest BCUT2D eigenvalue weighted by atomic mass is 10.2. The van der Waals surface area contributed by atoms with Crippen molar-refractivity contribution < 1.29 is 9.59 Å². The van der Waals surface area contributed by atoms with Crippen molar-refractivity contribution >= 4 is 68.0 Å². The minimum absolute atomic E-state index is 0.0117. The zero-order valence-corrected chi connectivity index (χ0v) is 15.7. The van der Waals surface area contributed by atoms with Crippen molar-refractivity contribution in [2.75, 3.05) is 19.6 Å². The predicted molar refractivity (Wildman–Crippen MR) is 97.1 cm³/mol. The molecule has 0 saturated carbocycles. The molecule has 2 rings (SSSR count). The summed E-state index contributed by atoms with van der Waals surface area (Å²) in [6.45, 7) is 4.53. The van der Waals surface area contributed by atoms with Gasteiger partial charge >= 0.3 is 0 Å². The molecule has 2 aromatic rings. The van der Waals surface area contributed by atoms with Crippen molar-refractivity contribution in [2.45, 2.75) is 13.8 Å². The number of nitrogens with zero attached hydrogens (tertiary/aromatic N) is 1. The Hall–Kier alpha value is -1.01. The average Bonchev–Trinajstić information content (AvgIpc) is 2.81. The molecule has 1 aromatic heterocycles. The highest BCUT2D eigenvalue weighted by atomic mass is 35.5. The van der Waals surface area contributed by atoms with Crippen molar-refractivity contribution in [1.29, 1.82) is 0 Å². The summed E-state index contributed by atoms with van der Waals surface area (Å²) in [5, 5.41) is 4.46. The van der Waals surface area contributed by atoms with Gasteiger partial charge in [0.15, 0.2) is 0 Å². The molecule has 8 heteroatoms. The van der Waals surface area contributed by atoms with Crippen molar-refractivity contribution in [3.8, 4) is 0 Å². The van der Waals surface area contributed by atoms with E-state index in [4.69, 9.17) is 34.8 Å². The van der Waals surface area contributed by atoms with Crippen LogP contribution in [-0.2, 0) is 4.79 Å². The fourth-order valence-corrected chi connectivity index (χ4v) is 4.49. The molecule has 1 N–H and O–H groups in total. The molecule has 0 spiro atoms. The molecule has 1 heterocycles. The summed E-state index contributed by atoms with van der Waals surface area (Å²) in [5.41, 5.74) is 0. The molecule has 4 nitrogen and oxygen atoms in total. The summed E-state index contributed by atoms with van der Waals surface area (Å²) in [4.78, 5) is 26.2. The van der Waals surface area contributed by atoms with E-state index >= 15 is 0 Å². The van der Waals surface area contributed by atoms with E-state index in [2.05, 4.69) is 5.32 Å². The maximum absolute atomic E-state index is 12.7. The Morgan fingerprint density at radius 2 is 1.91 bits per heavy atom. The van der Waals surface area contributed by atoms with Gasteiger partial charge in [-0.15, -0.1) is 11.3 Å². The Labute approximate surface area is 153 Å². The van der Waals surface area contributed by atoms with Crippen LogP contribution >= 0.6 is 46.1 Å². The smallest absolute Gasteiger partial charge is 0.265 e. The van der Waals surface area contributed by atoms with Crippen molar-refractivity contribution in [3.05, 3.63) is 32.1 Å². The van der Waals surface area contributed by atoms with Gasteiger partial charge in [-0.1, -0.05) is 34.8 Å². The number of rotatable bonds is 5. The molecule has 0 aliphatic heterocycles. The zero-order chi connectivity index (χ0) is 17.1. The number of likely N-dealkylation sites (N-methyl/N-ethyl adjacent to an activating group) is 2. The molecule has 0 radical (unpaired) electrons. The Morgan fingerprint density at radius 3 is 2.52 bits per heavy atom. The van der Waals surface area contributed by atoms with Crippen LogP contribution in [0.15, 0.2) is 12.1 Å². The Kier molecular flexibility index (Phi) is 6.14. The van der Waals surface area contributed by atoms with Gasteiger partial charge in [-0.3, -0.25) is 9.59 Å². The third kappa shape index (κ3) is 3.91. The average molecular weight is 394 g/mol. The molecule has 2 amide bonds. The van der Waals surface area contributed by atoms with E-state index in [1.807, 2.05) is 13.8 Å². The highest BCUT2D eigenvalue weighted by Crippen LogP contribution is 2.41. The van der Waals surface area contributed by atoms with E-state index in [0.717, 1.165) is 4.70 Å². The van der Waals surface area contributed by atoms with Crippen LogP contribution in [-0.4, -0.2) is 36.3 Å². The van der Waals surface area contributed by atoms with Crippen LogP contribution in [0.1, 0.15) is 23.5 Å². The summed E-state index contributed by atoms with van der Waals surface area (Å²) < 4.78 is 0.741. The normalized spacial score (nSPS) is 10.8. The van der Waals surface area contributed by atoms with Gasteiger partial charge in [0.1, 0.15) is 4.88 Å². The third-order valence-electron chi connectivity index (χ3n) is 3.22. The van der Waals surface area contributed by atoms with Gasteiger partial charge in [0.25, 0.3) is 5.91 Å². The fourth-order valence-electron chi connectivity index (χ4n) is 2.15. The fraction of sp³-hybridized carbons (Fsp3) is 0.333. The Bertz CT molecular complexity index is 761. The second kappa shape index (κ2) is 7.71. The summed E-state index contributed by atoms with van der Waals surface area (Å²) in [7, 11) is 0. The number of hydrogen-bond acceptors (Lipinski definition) is 3. The predicted octanol–water partition coefficient (Wildman–Crippen LogP) is 4.46. The van der Waals surface area contributed by atoms with Crippen molar-refractivity contribution in [3.63, 3.8) is 0 Å². The molecule has 1 aromatic carbocycles. The lowest BCUT2D eigenvalue weighted by Gasteiger charge is -2.19. The van der Waals surface area contributed by atoms with E-state index in [1.54, 1.807) is 12.1 Å². The molecular formula is C15H15Cl3N2O2S. The first-order valence-electron chi connectivity index (χ1n) is 7.02. The van der Waals surface area contributed by atoms with Crippen LogP contribution in [0.4, 0.5) is 0 Å². The molecule has 0 fully saturated rings. The number of nitrogens with one attached hydrogen (secondary N) is 1. The Morgan fingerprint density at radius 1 is 1.22 bits per heavy atom. The molecule has 0 atom stereocenters. The zero-order valence-electron chi connectivity index (χ0n) is 12.6. The van der Waals surface area contributed by atoms with Crippen LogP contribution < -0.4 is 5.32 Å². The van der Waals surface area contributed by atoms with E-state index in [0.29, 0.717) is 38.4 Å². The summed E-state index contributed by atoms with van der Waals surface area (Å²) >= 11 is 19.7. The first-order chi connectivity index (χ1) is 10.9. The van der Waals surface area contributed by atoms with Gasteiger partial charge in [-0.05, 0) is 26.0 Å². The number of carbonyl (C=O) groups excluding carboxylic acids is 2. The first-order valence-corrected chi connectivity index (χ1v) is 8.97. The monoisotopic (exact) mass is 392 g/mol. The van der Waals surface area contributed by atoms with Gasteiger partial charge in [0.05, 0.1) is 16.6 Å². The molecule has 0 aliphatic carbocycles. The van der Waals surface area contributed by atoms with Crippen molar-refractivity contribution in [2.24, 2.45) is 0 Å². The number of fused-ring (bicyclic) bond motifs is 1. The minimum Gasteiger partial charge on any atom is -0.355 e. The molecule has 23 heavy (non-hydrogen) atoms. The Balaban J connectivity index is 2.38. The second-order valence-electron chi connectivity index (χ2n) is 4.78. The maximum Gasteiger partial charge on any atom is 0.265 e. The number of thiophene rings is 1. The van der Waals surface area contributed by atoms with Gasteiger partial charge in [-0.25, -0.2) is 0 Å². The minimum atomic E-state index is -0.294. The lowest BCUT2D eigenvalue weighted by Crippen LogP contribution is -2.40. The van der Waals surface area contributed by atoms with Gasteiger partial charge in [-0.2, -0.15) is 0 Å². The van der Waals surface area contributed by atoms with Crippen LogP contribution in [0, 0.1) is 0 Å². The highest BCUT2D eigenvalue weighted by Gasteiger charge is 2.24. The largest absolute Gasteiger partial charge is 0.355 e. The number of benzene rings is 1. The number of hydrogen-bond donors (Lipinski definition) is 1. The van der Waals surface area contributed by atoms with Gasteiger partial charge in [0, 0.05) is 28.2 Å². The summed E-state index contributed by atoms with van der Waals surface area (Å²) in [6.07, 6.45) is 0. The third-order valence-corrected chi connectivity index (χ3v) is 5.35. The molecule has 0 aliphatic rings. The van der Waals surface area contributed by atoms with E-state index < -0.39 is 0 Å². The number of carbonyl (C=O) groups is 2. The van der Waals surface area contributed by atoms with Crippen LogP contribution in [0.25, 0.3) is 10.1 Å². The lowest BCUT2D eigenvalue weighted by molar-refractivity contribution is -0.121. The van der Waals surface area contributed by atoms with Gasteiger partial charge in [0.2, 0.25) is 5.91 Å². The van der Waals surface area contributed by atoms with Gasteiger partial charge < -0.3 is 10.2 Å². The van der Waals surface area contributed by atoms with Crippen LogP contribution in [0.2, 0.25) is 15.1 Å². The first kappa shape index (κ1) is 18.3. The number of halogens is 3. The summed E-state index contributed by atoms with van der Waals surface area (Å²) in [5.74, 6) is -0.502. The molecule has 0 saturated heterocycles. The number of amides is 2. The molecule has 0 unspecified atom stereocenters. The highest BCUT2D eigenvalue weighted by molar-refractivity contribution is 7.21. The van der Waals surface area contributed by atoms with Crippen LogP contribution in [0.3, 0.4) is 0 Å². The van der Waals surface area contributed by atoms with E-state index in [-0.39, 0.29) is 18.4 Å². The van der Waals surface area contributed by atoms with E-state index in [1.165, 1.54) is 16.2 Å².